The molecule has 1 aromatic heterocycles. The molecule has 1 aromatic carbocycles. The number of nitrogens with zero attached hydrogens (tertiary/aromatic N) is 2. The number of methoxy groups -OCH3 is 2. The second kappa shape index (κ2) is 5.30. The van der Waals surface area contributed by atoms with Crippen LogP contribution in [-0.2, 0) is 6.54 Å². The van der Waals surface area contributed by atoms with Gasteiger partial charge in [0.05, 0.1) is 31.4 Å². The highest BCUT2D eigenvalue weighted by Crippen LogP contribution is 2.24. The molecule has 0 saturated heterocycles. The summed E-state index contributed by atoms with van der Waals surface area (Å²) in [4.78, 5) is 0. The van der Waals surface area contributed by atoms with Gasteiger partial charge in [-0.3, -0.25) is 0 Å². The Labute approximate surface area is 114 Å². The molecule has 0 aliphatic heterocycles. The van der Waals surface area contributed by atoms with Crippen molar-refractivity contribution in [2.45, 2.75) is 6.54 Å². The third-order valence-corrected chi connectivity index (χ3v) is 3.19. The number of hydrogen-bond donors (Lipinski definition) is 1. The van der Waals surface area contributed by atoms with E-state index >= 15 is 0 Å². The van der Waals surface area contributed by atoms with Crippen LogP contribution >= 0.6 is 15.9 Å². The van der Waals surface area contributed by atoms with Gasteiger partial charge in [0, 0.05) is 6.07 Å². The summed E-state index contributed by atoms with van der Waals surface area (Å²) in [7, 11) is 3.24. The van der Waals surface area contributed by atoms with E-state index in [-0.39, 0.29) is 0 Å². The molecule has 0 spiro atoms. The van der Waals surface area contributed by atoms with Gasteiger partial charge in [0.15, 0.2) is 0 Å². The zero-order valence-electron chi connectivity index (χ0n) is 10.2. The summed E-state index contributed by atoms with van der Waals surface area (Å²) in [5.41, 5.74) is 6.89. The molecule has 5 nitrogen and oxygen atoms in total. The highest BCUT2D eigenvalue weighted by Gasteiger charge is 2.07. The van der Waals surface area contributed by atoms with E-state index in [1.165, 1.54) is 0 Å². The average Bonchev–Trinajstić information content (AvgIpc) is 2.70. The fourth-order valence-corrected chi connectivity index (χ4v) is 1.92. The standard InChI is InChI=1S/C12H14BrN3O2/c1-17-9-3-8(4-10(5-9)18-2)7-16-12(14)11(13)6-15-16/h3-6H,7,14H2,1-2H3. The Morgan fingerprint density at radius 1 is 1.22 bits per heavy atom. The predicted molar refractivity (Wildman–Crippen MR) is 73.0 cm³/mol. The molecule has 0 aliphatic rings. The van der Waals surface area contributed by atoms with E-state index in [0.29, 0.717) is 12.4 Å². The second-order valence-electron chi connectivity index (χ2n) is 3.76. The summed E-state index contributed by atoms with van der Waals surface area (Å²) in [6.07, 6.45) is 1.67. The van der Waals surface area contributed by atoms with Gasteiger partial charge in [0.25, 0.3) is 0 Å². The molecule has 0 bridgehead atoms. The molecule has 2 aromatic rings. The van der Waals surface area contributed by atoms with Crippen molar-refractivity contribution in [3.8, 4) is 11.5 Å². The molecule has 1 heterocycles. The van der Waals surface area contributed by atoms with Crippen LogP contribution < -0.4 is 15.2 Å². The Hall–Kier alpha value is -1.69. The first-order valence-electron chi connectivity index (χ1n) is 5.32. The zero-order chi connectivity index (χ0) is 13.1. The lowest BCUT2D eigenvalue weighted by molar-refractivity contribution is 0.393. The van der Waals surface area contributed by atoms with E-state index in [1.54, 1.807) is 25.1 Å². The van der Waals surface area contributed by atoms with Crippen LogP contribution in [0.2, 0.25) is 0 Å². The largest absolute Gasteiger partial charge is 0.497 e. The Balaban J connectivity index is 2.31. The van der Waals surface area contributed by atoms with Crippen LogP contribution in [0.3, 0.4) is 0 Å². The lowest BCUT2D eigenvalue weighted by Gasteiger charge is -2.09. The van der Waals surface area contributed by atoms with Crippen LogP contribution in [0.4, 0.5) is 5.82 Å². The van der Waals surface area contributed by atoms with Gasteiger partial charge in [-0.25, -0.2) is 4.68 Å². The molecular weight excluding hydrogens is 298 g/mol. The lowest BCUT2D eigenvalue weighted by Crippen LogP contribution is -2.06. The SMILES string of the molecule is COc1cc(Cn2ncc(Br)c2N)cc(OC)c1. The maximum atomic E-state index is 5.88. The summed E-state index contributed by atoms with van der Waals surface area (Å²) in [6.45, 7) is 0.561. The number of anilines is 1. The highest BCUT2D eigenvalue weighted by atomic mass is 79.9. The van der Waals surface area contributed by atoms with Crippen molar-refractivity contribution >= 4 is 21.7 Å². The molecule has 18 heavy (non-hydrogen) atoms. The number of nitrogen functional groups attached to an aromatic ring is 1. The molecular formula is C12H14BrN3O2. The Bertz CT molecular complexity index is 532. The number of hydrogen-bond acceptors (Lipinski definition) is 4. The fraction of sp³-hybridized carbons (Fsp3) is 0.250. The number of nitrogens with two attached hydrogens (primary N) is 1. The fourth-order valence-electron chi connectivity index (χ4n) is 1.63. The van der Waals surface area contributed by atoms with E-state index in [0.717, 1.165) is 21.5 Å². The minimum atomic E-state index is 0.561. The van der Waals surface area contributed by atoms with Crippen molar-refractivity contribution in [2.24, 2.45) is 0 Å². The summed E-state index contributed by atoms with van der Waals surface area (Å²) < 4.78 is 12.9. The van der Waals surface area contributed by atoms with Crippen LogP contribution in [0, 0.1) is 0 Å². The summed E-state index contributed by atoms with van der Waals surface area (Å²) >= 11 is 3.33. The van der Waals surface area contributed by atoms with Gasteiger partial charge in [0.2, 0.25) is 0 Å². The average molecular weight is 312 g/mol. The summed E-state index contributed by atoms with van der Waals surface area (Å²) in [6, 6.07) is 5.68. The third-order valence-electron chi connectivity index (χ3n) is 2.58. The topological polar surface area (TPSA) is 62.3 Å². The second-order valence-corrected chi connectivity index (χ2v) is 4.61. The minimum Gasteiger partial charge on any atom is -0.497 e. The minimum absolute atomic E-state index is 0.561. The number of ether oxygens (including phenoxy) is 2. The Morgan fingerprint density at radius 2 is 1.83 bits per heavy atom. The molecule has 0 aliphatic carbocycles. The van der Waals surface area contributed by atoms with Crippen LogP contribution in [0.25, 0.3) is 0 Å². The number of benzene rings is 1. The molecule has 2 N–H and O–H groups in total. The molecule has 0 radical (unpaired) electrons. The zero-order valence-corrected chi connectivity index (χ0v) is 11.8. The van der Waals surface area contributed by atoms with E-state index in [9.17, 15) is 0 Å². The normalized spacial score (nSPS) is 10.4. The van der Waals surface area contributed by atoms with Gasteiger partial charge in [-0.15, -0.1) is 0 Å². The smallest absolute Gasteiger partial charge is 0.136 e. The van der Waals surface area contributed by atoms with Crippen molar-refractivity contribution in [1.29, 1.82) is 0 Å². The van der Waals surface area contributed by atoms with Crippen molar-refractivity contribution in [1.82, 2.24) is 9.78 Å². The predicted octanol–water partition coefficient (Wildman–Crippen LogP) is 2.29. The van der Waals surface area contributed by atoms with Crippen LogP contribution in [0.5, 0.6) is 11.5 Å². The number of aromatic nitrogens is 2. The first-order valence-corrected chi connectivity index (χ1v) is 6.12. The van der Waals surface area contributed by atoms with E-state index < -0.39 is 0 Å². The Kier molecular flexibility index (Phi) is 3.76. The van der Waals surface area contributed by atoms with Crippen molar-refractivity contribution in [3.63, 3.8) is 0 Å². The third kappa shape index (κ3) is 2.59. The lowest BCUT2D eigenvalue weighted by atomic mass is 10.2. The number of halogens is 1. The van der Waals surface area contributed by atoms with E-state index in [2.05, 4.69) is 21.0 Å². The van der Waals surface area contributed by atoms with Gasteiger partial charge in [-0.1, -0.05) is 0 Å². The molecule has 0 unspecified atom stereocenters. The molecule has 96 valence electrons. The molecule has 0 fully saturated rings. The van der Waals surface area contributed by atoms with E-state index in [1.807, 2.05) is 18.2 Å². The summed E-state index contributed by atoms with van der Waals surface area (Å²) in [5, 5.41) is 4.18. The van der Waals surface area contributed by atoms with Gasteiger partial charge in [0.1, 0.15) is 17.3 Å². The van der Waals surface area contributed by atoms with Crippen molar-refractivity contribution in [2.75, 3.05) is 20.0 Å². The first-order chi connectivity index (χ1) is 8.63. The maximum absolute atomic E-state index is 5.88. The van der Waals surface area contributed by atoms with Gasteiger partial charge < -0.3 is 15.2 Å². The van der Waals surface area contributed by atoms with E-state index in [4.69, 9.17) is 15.2 Å². The van der Waals surface area contributed by atoms with Crippen LogP contribution in [0.15, 0.2) is 28.9 Å². The van der Waals surface area contributed by atoms with Gasteiger partial charge >= 0.3 is 0 Å². The highest BCUT2D eigenvalue weighted by molar-refractivity contribution is 9.10. The monoisotopic (exact) mass is 311 g/mol. The Morgan fingerprint density at radius 3 is 2.28 bits per heavy atom. The van der Waals surface area contributed by atoms with Crippen LogP contribution in [-0.4, -0.2) is 24.0 Å². The molecule has 0 atom stereocenters. The quantitative estimate of drug-likeness (QED) is 0.941. The molecule has 0 saturated carbocycles. The first kappa shape index (κ1) is 12.8. The molecule has 6 heteroatoms. The molecule has 0 amide bonds. The van der Waals surface area contributed by atoms with Crippen LogP contribution in [0.1, 0.15) is 5.56 Å². The number of rotatable bonds is 4. The van der Waals surface area contributed by atoms with Crippen molar-refractivity contribution in [3.05, 3.63) is 34.4 Å². The summed E-state index contributed by atoms with van der Waals surface area (Å²) in [5.74, 6) is 2.08. The molecule has 2 rings (SSSR count). The van der Waals surface area contributed by atoms with Gasteiger partial charge in [-0.05, 0) is 33.6 Å². The maximum Gasteiger partial charge on any atom is 0.136 e. The van der Waals surface area contributed by atoms with Crippen molar-refractivity contribution < 1.29 is 9.47 Å². The van der Waals surface area contributed by atoms with Gasteiger partial charge in [-0.2, -0.15) is 5.10 Å².